The Hall–Kier alpha value is -1.40. The maximum absolute atomic E-state index is 9.61. The first-order valence-corrected chi connectivity index (χ1v) is 6.15. The van der Waals surface area contributed by atoms with Gasteiger partial charge < -0.3 is 5.11 Å². The van der Waals surface area contributed by atoms with Crippen LogP contribution in [0, 0.1) is 0 Å². The van der Waals surface area contributed by atoms with E-state index in [4.69, 9.17) is 0 Å². The lowest BCUT2D eigenvalue weighted by Crippen LogP contribution is -1.86. The van der Waals surface area contributed by atoms with Gasteiger partial charge in [0.25, 0.3) is 0 Å². The van der Waals surface area contributed by atoms with Crippen molar-refractivity contribution in [3.63, 3.8) is 0 Å². The van der Waals surface area contributed by atoms with Gasteiger partial charge >= 0.3 is 0 Å². The second-order valence-electron chi connectivity index (χ2n) is 3.21. The third kappa shape index (κ3) is 1.42. The molecule has 0 saturated carbocycles. The molecule has 3 aromatic heterocycles. The van der Waals surface area contributed by atoms with Crippen molar-refractivity contribution in [3.8, 4) is 16.5 Å². The largest absolute Gasteiger partial charge is 0.504 e. The van der Waals surface area contributed by atoms with E-state index in [1.165, 1.54) is 0 Å². The quantitative estimate of drug-likeness (QED) is 0.751. The van der Waals surface area contributed by atoms with Crippen LogP contribution >= 0.6 is 27.3 Å². The number of rotatable bonds is 1. The number of thiophene rings is 1. The van der Waals surface area contributed by atoms with Gasteiger partial charge in [-0.1, -0.05) is 0 Å². The van der Waals surface area contributed by atoms with Crippen molar-refractivity contribution in [1.82, 2.24) is 14.6 Å². The van der Waals surface area contributed by atoms with Crippen molar-refractivity contribution >= 4 is 32.9 Å². The van der Waals surface area contributed by atoms with E-state index in [2.05, 4.69) is 26.1 Å². The highest BCUT2D eigenvalue weighted by molar-refractivity contribution is 9.11. The van der Waals surface area contributed by atoms with Crippen LogP contribution in [0.1, 0.15) is 0 Å². The van der Waals surface area contributed by atoms with Gasteiger partial charge in [-0.15, -0.1) is 21.5 Å². The number of pyridine rings is 1. The highest BCUT2D eigenvalue weighted by Gasteiger charge is 2.11. The highest BCUT2D eigenvalue weighted by Crippen LogP contribution is 2.31. The lowest BCUT2D eigenvalue weighted by Gasteiger charge is -1.97. The molecule has 0 aliphatic rings. The summed E-state index contributed by atoms with van der Waals surface area (Å²) in [4.78, 5) is 1.00. The molecule has 80 valence electrons. The average molecular weight is 296 g/mol. The number of aromatic nitrogens is 3. The Morgan fingerprint density at radius 2 is 2.12 bits per heavy atom. The lowest BCUT2D eigenvalue weighted by atomic mass is 10.4. The Kier molecular flexibility index (Phi) is 2.19. The Labute approximate surface area is 103 Å². The zero-order valence-electron chi connectivity index (χ0n) is 7.96. The van der Waals surface area contributed by atoms with Crippen LogP contribution in [-0.2, 0) is 0 Å². The molecule has 0 radical (unpaired) electrons. The number of aromatic hydroxyl groups is 1. The van der Waals surface area contributed by atoms with Gasteiger partial charge in [0.15, 0.2) is 11.6 Å². The van der Waals surface area contributed by atoms with Crippen molar-refractivity contribution in [2.75, 3.05) is 0 Å². The molecule has 3 rings (SSSR count). The molecule has 0 aliphatic heterocycles. The van der Waals surface area contributed by atoms with Gasteiger partial charge in [0, 0.05) is 6.20 Å². The van der Waals surface area contributed by atoms with Crippen LogP contribution in [0.15, 0.2) is 34.2 Å². The zero-order chi connectivity index (χ0) is 11.1. The van der Waals surface area contributed by atoms with E-state index in [1.54, 1.807) is 27.9 Å². The Morgan fingerprint density at radius 3 is 2.88 bits per heavy atom. The molecule has 0 saturated heterocycles. The van der Waals surface area contributed by atoms with E-state index in [0.29, 0.717) is 5.65 Å². The minimum Gasteiger partial charge on any atom is -0.504 e. The first kappa shape index (κ1) is 9.80. The first-order valence-electron chi connectivity index (χ1n) is 4.54. The fraction of sp³-hybridized carbons (Fsp3) is 0. The standard InChI is InChI=1S/C10H6BrN3OS/c11-8-4-3-7(16-8)10-13-12-9-6(15)2-1-5-14(9)10/h1-5,15H. The predicted molar refractivity (Wildman–Crippen MR) is 65.7 cm³/mol. The molecule has 1 N–H and O–H groups in total. The third-order valence-electron chi connectivity index (χ3n) is 2.21. The summed E-state index contributed by atoms with van der Waals surface area (Å²) in [7, 11) is 0. The average Bonchev–Trinajstić information content (AvgIpc) is 2.84. The molecule has 6 heteroatoms. The van der Waals surface area contributed by atoms with E-state index in [1.807, 2.05) is 18.3 Å². The van der Waals surface area contributed by atoms with Crippen molar-refractivity contribution < 1.29 is 5.11 Å². The summed E-state index contributed by atoms with van der Waals surface area (Å²) in [5.41, 5.74) is 0.474. The molecule has 16 heavy (non-hydrogen) atoms. The maximum Gasteiger partial charge on any atom is 0.203 e. The summed E-state index contributed by atoms with van der Waals surface area (Å²) in [6, 6.07) is 7.29. The van der Waals surface area contributed by atoms with Gasteiger partial charge in [0.05, 0.1) is 8.66 Å². The molecule has 0 unspecified atom stereocenters. The number of hydrogen-bond acceptors (Lipinski definition) is 4. The van der Waals surface area contributed by atoms with Crippen LogP contribution in [0.4, 0.5) is 0 Å². The molecule has 0 aliphatic carbocycles. The van der Waals surface area contributed by atoms with Crippen LogP contribution in [0.2, 0.25) is 0 Å². The molecule has 0 atom stereocenters. The van der Waals surface area contributed by atoms with Gasteiger partial charge in [-0.25, -0.2) is 0 Å². The van der Waals surface area contributed by atoms with Gasteiger partial charge in [-0.3, -0.25) is 4.40 Å². The SMILES string of the molecule is Oc1cccn2c(-c3ccc(Br)s3)nnc12. The van der Waals surface area contributed by atoms with Crippen molar-refractivity contribution in [3.05, 3.63) is 34.2 Å². The second kappa shape index (κ2) is 3.57. The minimum absolute atomic E-state index is 0.136. The van der Waals surface area contributed by atoms with Crippen LogP contribution < -0.4 is 0 Å². The highest BCUT2D eigenvalue weighted by atomic mass is 79.9. The lowest BCUT2D eigenvalue weighted by molar-refractivity contribution is 0.477. The maximum atomic E-state index is 9.61. The fourth-order valence-electron chi connectivity index (χ4n) is 1.50. The Morgan fingerprint density at radius 1 is 1.25 bits per heavy atom. The van der Waals surface area contributed by atoms with Crippen molar-refractivity contribution in [2.45, 2.75) is 0 Å². The summed E-state index contributed by atoms with van der Waals surface area (Å²) < 4.78 is 2.81. The van der Waals surface area contributed by atoms with Gasteiger partial charge in [0.1, 0.15) is 0 Å². The van der Waals surface area contributed by atoms with E-state index in [0.717, 1.165) is 14.5 Å². The fourth-order valence-corrected chi connectivity index (χ4v) is 2.87. The molecule has 4 nitrogen and oxygen atoms in total. The van der Waals surface area contributed by atoms with Crippen molar-refractivity contribution in [1.29, 1.82) is 0 Å². The molecule has 0 fully saturated rings. The number of hydrogen-bond donors (Lipinski definition) is 1. The van der Waals surface area contributed by atoms with Gasteiger partial charge in [0.2, 0.25) is 5.65 Å². The van der Waals surface area contributed by atoms with E-state index < -0.39 is 0 Å². The topological polar surface area (TPSA) is 50.4 Å². The van der Waals surface area contributed by atoms with Crippen molar-refractivity contribution in [2.24, 2.45) is 0 Å². The Bertz CT molecular complexity index is 661. The molecule has 0 aromatic carbocycles. The summed E-state index contributed by atoms with van der Waals surface area (Å²) >= 11 is 4.99. The second-order valence-corrected chi connectivity index (χ2v) is 5.68. The summed E-state index contributed by atoms with van der Waals surface area (Å²) in [6.45, 7) is 0. The van der Waals surface area contributed by atoms with Crippen LogP contribution in [-0.4, -0.2) is 19.7 Å². The molecular weight excluding hydrogens is 290 g/mol. The molecule has 0 amide bonds. The molecule has 0 spiro atoms. The normalized spacial score (nSPS) is 11.1. The number of halogens is 1. The monoisotopic (exact) mass is 295 g/mol. The summed E-state index contributed by atoms with van der Waals surface area (Å²) in [6.07, 6.45) is 1.83. The number of nitrogens with zero attached hydrogens (tertiary/aromatic N) is 3. The summed E-state index contributed by atoms with van der Waals surface area (Å²) in [5.74, 6) is 0.874. The Balaban J connectivity index is 2.29. The summed E-state index contributed by atoms with van der Waals surface area (Å²) in [5, 5.41) is 17.6. The molecule has 3 aromatic rings. The minimum atomic E-state index is 0.136. The van der Waals surface area contributed by atoms with Crippen LogP contribution in [0.5, 0.6) is 5.75 Å². The van der Waals surface area contributed by atoms with E-state index >= 15 is 0 Å². The molecule has 0 bridgehead atoms. The van der Waals surface area contributed by atoms with E-state index in [9.17, 15) is 5.11 Å². The first-order chi connectivity index (χ1) is 7.75. The predicted octanol–water partition coefficient (Wildman–Crippen LogP) is 2.93. The molecular formula is C10H6BrN3OS. The van der Waals surface area contributed by atoms with Gasteiger partial charge in [-0.2, -0.15) is 0 Å². The van der Waals surface area contributed by atoms with Crippen LogP contribution in [0.3, 0.4) is 0 Å². The van der Waals surface area contributed by atoms with Crippen LogP contribution in [0.25, 0.3) is 16.3 Å². The van der Waals surface area contributed by atoms with E-state index in [-0.39, 0.29) is 5.75 Å². The smallest absolute Gasteiger partial charge is 0.203 e. The zero-order valence-corrected chi connectivity index (χ0v) is 10.4. The molecule has 3 heterocycles. The third-order valence-corrected chi connectivity index (χ3v) is 3.83. The number of fused-ring (bicyclic) bond motifs is 1. The van der Waals surface area contributed by atoms with Gasteiger partial charge in [-0.05, 0) is 40.2 Å².